The predicted octanol–water partition coefficient (Wildman–Crippen LogP) is 2.77. The second-order valence-corrected chi connectivity index (χ2v) is 5.42. The van der Waals surface area contributed by atoms with Gasteiger partial charge in [0, 0.05) is 29.7 Å². The van der Waals surface area contributed by atoms with E-state index < -0.39 is 5.97 Å². The zero-order valence-corrected chi connectivity index (χ0v) is 12.2. The van der Waals surface area contributed by atoms with Gasteiger partial charge < -0.3 is 15.7 Å². The number of carboxylic acids is 1. The Morgan fingerprint density at radius 3 is 2.62 bits per heavy atom. The number of nitrogens with one attached hydrogen (secondary N) is 2. The van der Waals surface area contributed by atoms with E-state index in [0.29, 0.717) is 12.2 Å². The van der Waals surface area contributed by atoms with Crippen LogP contribution in [0.5, 0.6) is 0 Å². The standard InChI is InChI=1S/C14H15N3O3S/c1-9(12-15-6-7-21-12)8-16-14(20)17-11-4-2-10(3-5-11)13(18)19/h2-7,9H,8H2,1H3,(H,18,19)(H2,16,17,20). The second-order valence-electron chi connectivity index (χ2n) is 4.49. The molecule has 0 radical (unpaired) electrons. The lowest BCUT2D eigenvalue weighted by Gasteiger charge is -2.11. The van der Waals surface area contributed by atoms with E-state index >= 15 is 0 Å². The number of aromatic nitrogens is 1. The normalized spacial score (nSPS) is 11.7. The molecule has 110 valence electrons. The molecule has 0 spiro atoms. The molecule has 2 amide bonds. The fraction of sp³-hybridized carbons (Fsp3) is 0.214. The number of hydrogen-bond donors (Lipinski definition) is 3. The van der Waals surface area contributed by atoms with E-state index in [-0.39, 0.29) is 17.5 Å². The van der Waals surface area contributed by atoms with Crippen molar-refractivity contribution in [2.45, 2.75) is 12.8 Å². The third kappa shape index (κ3) is 4.28. The molecular formula is C14H15N3O3S. The van der Waals surface area contributed by atoms with Crippen LogP contribution in [0.15, 0.2) is 35.8 Å². The van der Waals surface area contributed by atoms with Crippen molar-refractivity contribution in [3.05, 3.63) is 46.4 Å². The molecule has 2 rings (SSSR count). The van der Waals surface area contributed by atoms with E-state index in [1.807, 2.05) is 12.3 Å². The van der Waals surface area contributed by atoms with Crippen LogP contribution in [0.25, 0.3) is 0 Å². The molecule has 0 aliphatic heterocycles. The van der Waals surface area contributed by atoms with Gasteiger partial charge in [-0.3, -0.25) is 0 Å². The van der Waals surface area contributed by atoms with Crippen molar-refractivity contribution < 1.29 is 14.7 Å². The Kier molecular flexibility index (Phi) is 4.89. The van der Waals surface area contributed by atoms with Gasteiger partial charge in [0.15, 0.2) is 0 Å². The topological polar surface area (TPSA) is 91.3 Å². The van der Waals surface area contributed by atoms with Gasteiger partial charge in [-0.25, -0.2) is 14.6 Å². The number of thiazole rings is 1. The molecule has 0 saturated carbocycles. The molecule has 1 aromatic carbocycles. The summed E-state index contributed by atoms with van der Waals surface area (Å²) >= 11 is 1.55. The van der Waals surface area contributed by atoms with Crippen molar-refractivity contribution in [2.24, 2.45) is 0 Å². The Hall–Kier alpha value is -2.41. The van der Waals surface area contributed by atoms with Crippen LogP contribution >= 0.6 is 11.3 Å². The number of carboxylic acid groups (broad SMARTS) is 1. The van der Waals surface area contributed by atoms with Gasteiger partial charge in [-0.15, -0.1) is 11.3 Å². The summed E-state index contributed by atoms with van der Waals surface area (Å²) in [6, 6.07) is 5.65. The summed E-state index contributed by atoms with van der Waals surface area (Å²) in [5.41, 5.74) is 0.720. The highest BCUT2D eigenvalue weighted by molar-refractivity contribution is 7.09. The van der Waals surface area contributed by atoms with Crippen molar-refractivity contribution in [3.63, 3.8) is 0 Å². The van der Waals surface area contributed by atoms with Gasteiger partial charge in [0.1, 0.15) is 0 Å². The average molecular weight is 305 g/mol. The van der Waals surface area contributed by atoms with Crippen LogP contribution < -0.4 is 10.6 Å². The van der Waals surface area contributed by atoms with Crippen molar-refractivity contribution in [2.75, 3.05) is 11.9 Å². The molecule has 0 aliphatic carbocycles. The number of anilines is 1. The molecule has 0 fully saturated rings. The number of carbonyl (C=O) groups is 2. The van der Waals surface area contributed by atoms with Gasteiger partial charge in [-0.2, -0.15) is 0 Å². The van der Waals surface area contributed by atoms with Gasteiger partial charge in [0.05, 0.1) is 10.6 Å². The van der Waals surface area contributed by atoms with Crippen LogP contribution in [0, 0.1) is 0 Å². The molecule has 0 aliphatic rings. The van der Waals surface area contributed by atoms with Crippen LogP contribution in [0.2, 0.25) is 0 Å². The third-order valence-corrected chi connectivity index (χ3v) is 3.84. The summed E-state index contributed by atoms with van der Waals surface area (Å²) < 4.78 is 0. The lowest BCUT2D eigenvalue weighted by Crippen LogP contribution is -2.31. The first-order valence-electron chi connectivity index (χ1n) is 6.34. The van der Waals surface area contributed by atoms with E-state index in [4.69, 9.17) is 5.11 Å². The van der Waals surface area contributed by atoms with E-state index in [2.05, 4.69) is 15.6 Å². The molecule has 1 aromatic heterocycles. The second kappa shape index (κ2) is 6.85. The van der Waals surface area contributed by atoms with Gasteiger partial charge in [-0.05, 0) is 24.3 Å². The molecular weight excluding hydrogens is 290 g/mol. The molecule has 1 heterocycles. The molecule has 3 N–H and O–H groups in total. The number of amides is 2. The van der Waals surface area contributed by atoms with E-state index in [0.717, 1.165) is 5.01 Å². The Morgan fingerprint density at radius 1 is 1.33 bits per heavy atom. The minimum absolute atomic E-state index is 0.144. The number of carbonyl (C=O) groups excluding carboxylic acids is 1. The quantitative estimate of drug-likeness (QED) is 0.792. The van der Waals surface area contributed by atoms with Crippen LogP contribution in [0.4, 0.5) is 10.5 Å². The number of urea groups is 1. The van der Waals surface area contributed by atoms with Crippen LogP contribution in [0.1, 0.15) is 28.2 Å². The van der Waals surface area contributed by atoms with Crippen molar-refractivity contribution in [1.82, 2.24) is 10.3 Å². The lowest BCUT2D eigenvalue weighted by atomic mass is 10.2. The summed E-state index contributed by atoms with van der Waals surface area (Å²) in [5.74, 6) is -0.853. The fourth-order valence-corrected chi connectivity index (χ4v) is 2.38. The Balaban J connectivity index is 1.83. The minimum Gasteiger partial charge on any atom is -0.478 e. The molecule has 1 unspecified atom stereocenters. The maximum Gasteiger partial charge on any atom is 0.335 e. The zero-order valence-electron chi connectivity index (χ0n) is 11.4. The number of aromatic carboxylic acids is 1. The number of hydrogen-bond acceptors (Lipinski definition) is 4. The molecule has 6 nitrogen and oxygen atoms in total. The van der Waals surface area contributed by atoms with E-state index in [1.54, 1.807) is 29.7 Å². The fourth-order valence-electron chi connectivity index (χ4n) is 1.68. The predicted molar refractivity (Wildman–Crippen MR) is 81.0 cm³/mol. The highest BCUT2D eigenvalue weighted by atomic mass is 32.1. The summed E-state index contributed by atoms with van der Waals surface area (Å²) in [5, 5.41) is 17.1. The van der Waals surface area contributed by atoms with Gasteiger partial charge in [-0.1, -0.05) is 6.92 Å². The Labute approximate surface area is 125 Å². The van der Waals surface area contributed by atoms with Gasteiger partial charge in [0.2, 0.25) is 0 Å². The number of nitrogens with zero attached hydrogens (tertiary/aromatic N) is 1. The summed E-state index contributed by atoms with van der Waals surface area (Å²) in [4.78, 5) is 26.7. The highest BCUT2D eigenvalue weighted by Gasteiger charge is 2.10. The highest BCUT2D eigenvalue weighted by Crippen LogP contribution is 2.16. The summed E-state index contributed by atoms with van der Waals surface area (Å²) in [6.07, 6.45) is 1.74. The summed E-state index contributed by atoms with van der Waals surface area (Å²) in [6.45, 7) is 2.47. The summed E-state index contributed by atoms with van der Waals surface area (Å²) in [7, 11) is 0. The molecule has 7 heteroatoms. The monoisotopic (exact) mass is 305 g/mol. The first-order chi connectivity index (χ1) is 10.1. The first kappa shape index (κ1) is 15.0. The van der Waals surface area contributed by atoms with Crippen LogP contribution in [-0.2, 0) is 0 Å². The maximum absolute atomic E-state index is 11.7. The van der Waals surface area contributed by atoms with Gasteiger partial charge in [0.25, 0.3) is 0 Å². The number of benzene rings is 1. The maximum atomic E-state index is 11.7. The average Bonchev–Trinajstić information content (AvgIpc) is 2.99. The lowest BCUT2D eigenvalue weighted by molar-refractivity contribution is 0.0697. The molecule has 1 atom stereocenters. The molecule has 0 bridgehead atoms. The van der Waals surface area contributed by atoms with Crippen molar-refractivity contribution in [3.8, 4) is 0 Å². The first-order valence-corrected chi connectivity index (χ1v) is 7.22. The smallest absolute Gasteiger partial charge is 0.335 e. The molecule has 21 heavy (non-hydrogen) atoms. The Bertz CT molecular complexity index is 611. The van der Waals surface area contributed by atoms with E-state index in [9.17, 15) is 9.59 Å². The van der Waals surface area contributed by atoms with Gasteiger partial charge >= 0.3 is 12.0 Å². The molecule has 0 saturated heterocycles. The van der Waals surface area contributed by atoms with Crippen molar-refractivity contribution in [1.29, 1.82) is 0 Å². The third-order valence-electron chi connectivity index (χ3n) is 2.83. The molecule has 2 aromatic rings. The van der Waals surface area contributed by atoms with Crippen LogP contribution in [0.3, 0.4) is 0 Å². The zero-order chi connectivity index (χ0) is 15.2. The Morgan fingerprint density at radius 2 is 2.05 bits per heavy atom. The number of rotatable bonds is 5. The van der Waals surface area contributed by atoms with Crippen LogP contribution in [-0.4, -0.2) is 28.6 Å². The largest absolute Gasteiger partial charge is 0.478 e. The SMILES string of the molecule is CC(CNC(=O)Nc1ccc(C(=O)O)cc1)c1nccs1. The van der Waals surface area contributed by atoms with E-state index in [1.165, 1.54) is 12.1 Å². The minimum atomic E-state index is -0.997. The van der Waals surface area contributed by atoms with Crippen molar-refractivity contribution >= 4 is 29.0 Å².